The van der Waals surface area contributed by atoms with Crippen molar-refractivity contribution in [1.82, 2.24) is 10.2 Å². The molecule has 124 valence electrons. The summed E-state index contributed by atoms with van der Waals surface area (Å²) in [7, 11) is 0. The molecule has 2 aromatic rings. The van der Waals surface area contributed by atoms with Gasteiger partial charge in [-0.2, -0.15) is 0 Å². The van der Waals surface area contributed by atoms with E-state index in [4.69, 9.17) is 0 Å². The van der Waals surface area contributed by atoms with Gasteiger partial charge in [-0.25, -0.2) is 0 Å². The van der Waals surface area contributed by atoms with Crippen LogP contribution in [0.2, 0.25) is 0 Å². The first-order valence-corrected chi connectivity index (χ1v) is 7.82. The van der Waals surface area contributed by atoms with Crippen LogP contribution in [0.25, 0.3) is 10.8 Å². The Morgan fingerprint density at radius 1 is 1.08 bits per heavy atom. The quantitative estimate of drug-likeness (QED) is 0.807. The number of rotatable bonds is 5. The fourth-order valence-electron chi connectivity index (χ4n) is 2.86. The van der Waals surface area contributed by atoms with Crippen LogP contribution in [-0.2, 0) is 14.4 Å². The summed E-state index contributed by atoms with van der Waals surface area (Å²) < 4.78 is 0. The molecule has 0 aliphatic carbocycles. The molecule has 1 fully saturated rings. The maximum absolute atomic E-state index is 11.9. The van der Waals surface area contributed by atoms with Gasteiger partial charge in [-0.05, 0) is 16.3 Å². The van der Waals surface area contributed by atoms with Crippen LogP contribution >= 0.6 is 0 Å². The average molecular weight is 326 g/mol. The maximum Gasteiger partial charge on any atom is 0.240 e. The van der Waals surface area contributed by atoms with Crippen LogP contribution in [0.5, 0.6) is 0 Å². The van der Waals surface area contributed by atoms with Crippen molar-refractivity contribution in [2.45, 2.75) is 18.9 Å². The van der Waals surface area contributed by atoms with Crippen molar-refractivity contribution in [3.63, 3.8) is 0 Å². The van der Waals surface area contributed by atoms with Crippen molar-refractivity contribution >= 4 is 28.5 Å². The van der Waals surface area contributed by atoms with E-state index in [0.717, 1.165) is 21.2 Å². The minimum atomic E-state index is -0.870. The molecule has 1 saturated heterocycles. The summed E-state index contributed by atoms with van der Waals surface area (Å²) in [5.74, 6) is -1.12. The predicted octanol–water partition coefficient (Wildman–Crippen LogP) is 1.14. The van der Waals surface area contributed by atoms with Crippen LogP contribution < -0.4 is 5.32 Å². The van der Waals surface area contributed by atoms with Crippen molar-refractivity contribution < 1.29 is 19.5 Å². The van der Waals surface area contributed by atoms with Gasteiger partial charge in [-0.15, -0.1) is 0 Å². The zero-order chi connectivity index (χ0) is 17.1. The lowest BCUT2D eigenvalue weighted by Gasteiger charge is -2.17. The summed E-state index contributed by atoms with van der Waals surface area (Å²) in [4.78, 5) is 35.9. The standard InChI is InChI=1S/C18H18N2O4/c21-15(14-7-3-5-12-4-1-2-6-13(12)14)10-19-16(22)11-20-17(23)8-9-18(20)24/h1-7,15,21H,8-11H2,(H,19,22)/t15-/m1/s1. The second kappa shape index (κ2) is 6.80. The van der Waals surface area contributed by atoms with Crippen LogP contribution in [0.4, 0.5) is 0 Å². The van der Waals surface area contributed by atoms with E-state index in [0.29, 0.717) is 0 Å². The molecule has 0 saturated carbocycles. The van der Waals surface area contributed by atoms with Crippen LogP contribution in [-0.4, -0.2) is 40.8 Å². The third kappa shape index (κ3) is 3.28. The lowest BCUT2D eigenvalue weighted by atomic mass is 10.0. The molecule has 0 spiro atoms. The number of amides is 3. The van der Waals surface area contributed by atoms with E-state index in [2.05, 4.69) is 5.32 Å². The number of nitrogens with one attached hydrogen (secondary N) is 1. The molecule has 2 aromatic carbocycles. The van der Waals surface area contributed by atoms with E-state index in [1.807, 2.05) is 42.5 Å². The number of aliphatic hydroxyl groups is 1. The van der Waals surface area contributed by atoms with Gasteiger partial charge in [0.15, 0.2) is 0 Å². The molecule has 1 heterocycles. The Kier molecular flexibility index (Phi) is 4.57. The Balaban J connectivity index is 1.62. The number of carbonyl (C=O) groups is 3. The van der Waals surface area contributed by atoms with E-state index in [9.17, 15) is 19.5 Å². The Morgan fingerprint density at radius 2 is 1.75 bits per heavy atom. The van der Waals surface area contributed by atoms with Crippen molar-refractivity contribution in [2.75, 3.05) is 13.1 Å². The Labute approximate surface area is 139 Å². The highest BCUT2D eigenvalue weighted by atomic mass is 16.3. The van der Waals surface area contributed by atoms with E-state index in [-0.39, 0.29) is 37.7 Å². The topological polar surface area (TPSA) is 86.7 Å². The molecule has 0 unspecified atom stereocenters. The molecule has 2 N–H and O–H groups in total. The Bertz CT molecular complexity index is 781. The van der Waals surface area contributed by atoms with Gasteiger partial charge in [0.05, 0.1) is 6.10 Å². The van der Waals surface area contributed by atoms with Crippen molar-refractivity contribution in [2.24, 2.45) is 0 Å². The van der Waals surface area contributed by atoms with E-state index in [1.165, 1.54) is 0 Å². The van der Waals surface area contributed by atoms with E-state index < -0.39 is 12.0 Å². The summed E-state index contributed by atoms with van der Waals surface area (Å²) in [6, 6.07) is 13.3. The van der Waals surface area contributed by atoms with Gasteiger partial charge >= 0.3 is 0 Å². The van der Waals surface area contributed by atoms with Crippen molar-refractivity contribution in [3.8, 4) is 0 Å². The van der Waals surface area contributed by atoms with Gasteiger partial charge < -0.3 is 10.4 Å². The molecular formula is C18H18N2O4. The first-order chi connectivity index (χ1) is 11.6. The first kappa shape index (κ1) is 16.1. The summed E-state index contributed by atoms with van der Waals surface area (Å²) >= 11 is 0. The minimum Gasteiger partial charge on any atom is -0.387 e. The third-order valence-corrected chi connectivity index (χ3v) is 4.13. The number of imide groups is 1. The van der Waals surface area contributed by atoms with E-state index in [1.54, 1.807) is 0 Å². The number of benzene rings is 2. The Hall–Kier alpha value is -2.73. The minimum absolute atomic E-state index is 0.0169. The second-order valence-corrected chi connectivity index (χ2v) is 5.76. The lowest BCUT2D eigenvalue weighted by Crippen LogP contribution is -2.41. The summed E-state index contributed by atoms with van der Waals surface area (Å²) in [5.41, 5.74) is 0.724. The highest BCUT2D eigenvalue weighted by Gasteiger charge is 2.30. The summed E-state index contributed by atoms with van der Waals surface area (Å²) in [6.07, 6.45) is -0.555. The molecule has 24 heavy (non-hydrogen) atoms. The highest BCUT2D eigenvalue weighted by molar-refractivity contribution is 6.04. The fourth-order valence-corrected chi connectivity index (χ4v) is 2.86. The zero-order valence-electron chi connectivity index (χ0n) is 13.1. The van der Waals surface area contributed by atoms with Gasteiger partial charge in [0.1, 0.15) is 6.54 Å². The number of fused-ring (bicyclic) bond motifs is 1. The van der Waals surface area contributed by atoms with Crippen LogP contribution in [0.15, 0.2) is 42.5 Å². The third-order valence-electron chi connectivity index (χ3n) is 4.13. The molecule has 0 aromatic heterocycles. The van der Waals surface area contributed by atoms with Gasteiger partial charge in [0, 0.05) is 19.4 Å². The average Bonchev–Trinajstić information content (AvgIpc) is 2.91. The number of hydrogen-bond acceptors (Lipinski definition) is 4. The molecule has 6 heteroatoms. The van der Waals surface area contributed by atoms with Crippen LogP contribution in [0, 0.1) is 0 Å². The van der Waals surface area contributed by atoms with Gasteiger partial charge in [-0.3, -0.25) is 19.3 Å². The molecule has 0 bridgehead atoms. The number of nitrogens with zero attached hydrogens (tertiary/aromatic N) is 1. The lowest BCUT2D eigenvalue weighted by molar-refractivity contribution is -0.142. The molecule has 3 rings (SSSR count). The molecule has 0 radical (unpaired) electrons. The molecule has 3 amide bonds. The molecule has 6 nitrogen and oxygen atoms in total. The number of aliphatic hydroxyl groups excluding tert-OH is 1. The SMILES string of the molecule is O=C(CN1C(=O)CCC1=O)NC[C@@H](O)c1cccc2ccccc12. The smallest absolute Gasteiger partial charge is 0.240 e. The predicted molar refractivity (Wildman–Crippen MR) is 87.9 cm³/mol. The monoisotopic (exact) mass is 326 g/mol. The van der Waals surface area contributed by atoms with Crippen LogP contribution in [0.3, 0.4) is 0 Å². The molecule has 1 atom stereocenters. The highest BCUT2D eigenvalue weighted by Crippen LogP contribution is 2.23. The molecular weight excluding hydrogens is 308 g/mol. The molecule has 1 aliphatic rings. The number of likely N-dealkylation sites (tertiary alicyclic amines) is 1. The van der Waals surface area contributed by atoms with Crippen molar-refractivity contribution in [3.05, 3.63) is 48.0 Å². The zero-order valence-corrected chi connectivity index (χ0v) is 13.1. The van der Waals surface area contributed by atoms with E-state index >= 15 is 0 Å². The second-order valence-electron chi connectivity index (χ2n) is 5.76. The van der Waals surface area contributed by atoms with Gasteiger partial charge in [0.2, 0.25) is 17.7 Å². The van der Waals surface area contributed by atoms with Crippen LogP contribution in [0.1, 0.15) is 24.5 Å². The van der Waals surface area contributed by atoms with Gasteiger partial charge in [-0.1, -0.05) is 42.5 Å². The number of hydrogen-bond donors (Lipinski definition) is 2. The van der Waals surface area contributed by atoms with Gasteiger partial charge in [0.25, 0.3) is 0 Å². The summed E-state index contributed by atoms with van der Waals surface area (Å²) in [5, 5.41) is 14.9. The Morgan fingerprint density at radius 3 is 2.50 bits per heavy atom. The molecule has 1 aliphatic heterocycles. The largest absolute Gasteiger partial charge is 0.387 e. The fraction of sp³-hybridized carbons (Fsp3) is 0.278. The first-order valence-electron chi connectivity index (χ1n) is 7.82. The maximum atomic E-state index is 11.9. The number of carbonyl (C=O) groups excluding carboxylic acids is 3. The summed E-state index contributed by atoms with van der Waals surface area (Å²) in [6.45, 7) is -0.275. The van der Waals surface area contributed by atoms with Crippen molar-refractivity contribution in [1.29, 1.82) is 0 Å². The normalized spacial score (nSPS) is 15.8.